The molecule has 0 aliphatic carbocycles. The first-order valence-corrected chi connectivity index (χ1v) is 6.45. The van der Waals surface area contributed by atoms with Gasteiger partial charge in [-0.05, 0) is 24.6 Å². The molecule has 90 valence electrons. The van der Waals surface area contributed by atoms with Crippen LogP contribution in [-0.2, 0) is 0 Å². The summed E-state index contributed by atoms with van der Waals surface area (Å²) < 4.78 is 14.5. The molecular weight excluding hydrogens is 282 g/mol. The van der Waals surface area contributed by atoms with Crippen molar-refractivity contribution in [3.8, 4) is 0 Å². The van der Waals surface area contributed by atoms with Crippen molar-refractivity contribution >= 4 is 34.5 Å². The van der Waals surface area contributed by atoms with Crippen LogP contribution in [0.5, 0.6) is 0 Å². The van der Waals surface area contributed by atoms with Crippen LogP contribution in [0, 0.1) is 12.7 Å². The maximum atomic E-state index is 13.7. The third kappa shape index (κ3) is 2.63. The Balaban J connectivity index is 2.43. The van der Waals surface area contributed by atoms with Crippen molar-refractivity contribution in [2.45, 2.75) is 13.0 Å². The van der Waals surface area contributed by atoms with Gasteiger partial charge in [0.2, 0.25) is 0 Å². The van der Waals surface area contributed by atoms with E-state index < -0.39 is 11.9 Å². The molecule has 2 aromatic rings. The largest absolute Gasteiger partial charge is 0.383 e. The number of aliphatic hydroxyl groups is 1. The average Bonchev–Trinajstić information content (AvgIpc) is 2.57. The van der Waals surface area contributed by atoms with Gasteiger partial charge in [0.25, 0.3) is 0 Å². The highest BCUT2D eigenvalue weighted by Gasteiger charge is 2.19. The molecule has 1 unspecified atom stereocenters. The zero-order chi connectivity index (χ0) is 12.6. The van der Waals surface area contributed by atoms with E-state index in [0.717, 1.165) is 16.9 Å². The summed E-state index contributed by atoms with van der Waals surface area (Å²) in [6, 6.07) is 6.22. The third-order valence-electron chi connectivity index (χ3n) is 2.43. The Bertz CT molecular complexity index is 553. The molecular formula is C12H9Cl2FOS. The Kier molecular flexibility index (Phi) is 3.73. The predicted molar refractivity (Wildman–Crippen MR) is 69.5 cm³/mol. The molecule has 1 atom stereocenters. The van der Waals surface area contributed by atoms with E-state index in [4.69, 9.17) is 23.2 Å². The predicted octanol–water partition coefficient (Wildman–Crippen LogP) is 4.58. The number of rotatable bonds is 2. The van der Waals surface area contributed by atoms with Crippen LogP contribution in [0.1, 0.15) is 22.8 Å². The fraction of sp³-hybridized carbons (Fsp3) is 0.167. The molecule has 0 fully saturated rings. The Hall–Kier alpha value is -0.610. The summed E-state index contributed by atoms with van der Waals surface area (Å²) in [5.74, 6) is -0.448. The maximum absolute atomic E-state index is 13.7. The van der Waals surface area contributed by atoms with E-state index in [9.17, 15) is 9.50 Å². The van der Waals surface area contributed by atoms with E-state index in [1.165, 1.54) is 6.07 Å². The molecule has 1 nitrogen and oxygen atoms in total. The van der Waals surface area contributed by atoms with Gasteiger partial charge in [-0.25, -0.2) is 4.39 Å². The number of halogens is 3. The van der Waals surface area contributed by atoms with Crippen molar-refractivity contribution in [2.75, 3.05) is 0 Å². The molecule has 0 amide bonds. The molecule has 1 aromatic heterocycles. The van der Waals surface area contributed by atoms with Gasteiger partial charge in [-0.15, -0.1) is 11.3 Å². The Morgan fingerprint density at radius 1 is 1.24 bits per heavy atom. The Labute approximate surface area is 112 Å². The quantitative estimate of drug-likeness (QED) is 0.858. The summed E-state index contributed by atoms with van der Waals surface area (Å²) in [6.45, 7) is 1.79. The molecule has 0 aliphatic heterocycles. The molecule has 0 spiro atoms. The van der Waals surface area contributed by atoms with Gasteiger partial charge in [0.05, 0.1) is 4.34 Å². The lowest BCUT2D eigenvalue weighted by Crippen LogP contribution is -2.02. The fourth-order valence-electron chi connectivity index (χ4n) is 1.56. The van der Waals surface area contributed by atoms with Crippen molar-refractivity contribution < 1.29 is 9.50 Å². The topological polar surface area (TPSA) is 20.2 Å². The van der Waals surface area contributed by atoms with Crippen LogP contribution in [0.4, 0.5) is 4.39 Å². The minimum atomic E-state index is -1.09. The van der Waals surface area contributed by atoms with Crippen molar-refractivity contribution in [1.29, 1.82) is 0 Å². The molecule has 5 heteroatoms. The van der Waals surface area contributed by atoms with Gasteiger partial charge in [0, 0.05) is 11.1 Å². The van der Waals surface area contributed by atoms with E-state index in [-0.39, 0.29) is 5.56 Å². The second kappa shape index (κ2) is 4.94. The van der Waals surface area contributed by atoms with Gasteiger partial charge in [-0.3, -0.25) is 0 Å². The molecule has 0 bridgehead atoms. The number of hydrogen-bond donors (Lipinski definition) is 1. The van der Waals surface area contributed by atoms with E-state index in [1.54, 1.807) is 25.1 Å². The number of benzene rings is 1. The number of thiophene rings is 1. The smallest absolute Gasteiger partial charge is 0.129 e. The van der Waals surface area contributed by atoms with Gasteiger partial charge in [-0.2, -0.15) is 0 Å². The van der Waals surface area contributed by atoms with Crippen LogP contribution in [0.25, 0.3) is 0 Å². The number of aryl methyl sites for hydroxylation is 1. The molecule has 1 N–H and O–H groups in total. The highest BCUT2D eigenvalue weighted by atomic mass is 35.5. The molecule has 0 aliphatic rings. The first-order valence-electron chi connectivity index (χ1n) is 4.88. The molecule has 0 saturated carbocycles. The lowest BCUT2D eigenvalue weighted by Gasteiger charge is -2.11. The minimum absolute atomic E-state index is 0.201. The van der Waals surface area contributed by atoms with Crippen LogP contribution in [0.15, 0.2) is 24.3 Å². The standard InChI is InChI=1S/C12H9Cl2FOS/c1-6-2-3-7(9(15)4-6)11(16)8-5-10(13)17-12(8)14/h2-5,11,16H,1H3. The minimum Gasteiger partial charge on any atom is -0.383 e. The van der Waals surface area contributed by atoms with Gasteiger partial charge in [0.1, 0.15) is 16.3 Å². The zero-order valence-corrected chi connectivity index (χ0v) is 11.2. The molecule has 0 saturated heterocycles. The maximum Gasteiger partial charge on any atom is 0.129 e. The second-order valence-corrected chi connectivity index (χ2v) is 5.99. The van der Waals surface area contributed by atoms with Gasteiger partial charge in [-0.1, -0.05) is 35.3 Å². The fourth-order valence-corrected chi connectivity index (χ4v) is 3.08. The van der Waals surface area contributed by atoms with Crippen LogP contribution >= 0.6 is 34.5 Å². The van der Waals surface area contributed by atoms with E-state index in [2.05, 4.69) is 0 Å². The van der Waals surface area contributed by atoms with E-state index >= 15 is 0 Å². The SMILES string of the molecule is Cc1ccc(C(O)c2cc(Cl)sc2Cl)c(F)c1. The van der Waals surface area contributed by atoms with Crippen LogP contribution < -0.4 is 0 Å². The van der Waals surface area contributed by atoms with Crippen LogP contribution in [0.3, 0.4) is 0 Å². The van der Waals surface area contributed by atoms with E-state index in [1.807, 2.05) is 0 Å². The molecule has 1 aromatic carbocycles. The molecule has 0 radical (unpaired) electrons. The average molecular weight is 291 g/mol. The Morgan fingerprint density at radius 2 is 1.94 bits per heavy atom. The zero-order valence-electron chi connectivity index (χ0n) is 8.88. The first-order chi connectivity index (χ1) is 7.99. The number of aliphatic hydroxyl groups excluding tert-OH is 1. The highest BCUT2D eigenvalue weighted by Crippen LogP contribution is 2.37. The summed E-state index contributed by atoms with van der Waals surface area (Å²) in [6.07, 6.45) is -1.09. The second-order valence-electron chi connectivity index (χ2n) is 3.71. The lowest BCUT2D eigenvalue weighted by atomic mass is 10.0. The van der Waals surface area contributed by atoms with Crippen molar-refractivity contribution in [3.05, 3.63) is 55.4 Å². The summed E-state index contributed by atoms with van der Waals surface area (Å²) in [4.78, 5) is 0. The molecule has 17 heavy (non-hydrogen) atoms. The Morgan fingerprint density at radius 3 is 2.47 bits per heavy atom. The van der Waals surface area contributed by atoms with Gasteiger partial charge in [0.15, 0.2) is 0 Å². The van der Waals surface area contributed by atoms with E-state index in [0.29, 0.717) is 14.2 Å². The van der Waals surface area contributed by atoms with Crippen LogP contribution in [-0.4, -0.2) is 5.11 Å². The van der Waals surface area contributed by atoms with Crippen molar-refractivity contribution in [3.63, 3.8) is 0 Å². The summed E-state index contributed by atoms with van der Waals surface area (Å²) >= 11 is 12.9. The monoisotopic (exact) mass is 290 g/mol. The molecule has 1 heterocycles. The summed E-state index contributed by atoms with van der Waals surface area (Å²) in [5.41, 5.74) is 1.43. The molecule has 2 rings (SSSR count). The summed E-state index contributed by atoms with van der Waals surface area (Å²) in [7, 11) is 0. The lowest BCUT2D eigenvalue weighted by molar-refractivity contribution is 0.215. The highest BCUT2D eigenvalue weighted by molar-refractivity contribution is 7.20. The third-order valence-corrected chi connectivity index (χ3v) is 3.95. The number of hydrogen-bond acceptors (Lipinski definition) is 2. The summed E-state index contributed by atoms with van der Waals surface area (Å²) in [5, 5.41) is 10.1. The van der Waals surface area contributed by atoms with Crippen molar-refractivity contribution in [1.82, 2.24) is 0 Å². The first kappa shape index (κ1) is 12.8. The van der Waals surface area contributed by atoms with Crippen molar-refractivity contribution in [2.24, 2.45) is 0 Å². The van der Waals surface area contributed by atoms with Crippen LogP contribution in [0.2, 0.25) is 8.67 Å². The normalized spacial score (nSPS) is 12.8. The van der Waals surface area contributed by atoms with Gasteiger partial charge < -0.3 is 5.11 Å². The van der Waals surface area contributed by atoms with Gasteiger partial charge >= 0.3 is 0 Å².